The Morgan fingerprint density at radius 1 is 1.28 bits per heavy atom. The molecule has 0 aromatic carbocycles. The van der Waals surface area contributed by atoms with Gasteiger partial charge in [-0.3, -0.25) is 4.79 Å². The molecule has 0 rings (SSSR count). The predicted molar refractivity (Wildman–Crippen MR) is 73.6 cm³/mol. The fourth-order valence-corrected chi connectivity index (χ4v) is 1.66. The van der Waals surface area contributed by atoms with Crippen LogP contribution >= 0.6 is 0 Å². The van der Waals surface area contributed by atoms with Gasteiger partial charge in [0.25, 0.3) is 0 Å². The molecule has 4 heteroatoms. The summed E-state index contributed by atoms with van der Waals surface area (Å²) in [6.45, 7) is 7.86. The van der Waals surface area contributed by atoms with Gasteiger partial charge < -0.3 is 14.8 Å². The molecule has 1 atom stereocenters. The van der Waals surface area contributed by atoms with Crippen molar-refractivity contribution in [2.24, 2.45) is 5.92 Å². The lowest BCUT2D eigenvalue weighted by molar-refractivity contribution is -0.148. The van der Waals surface area contributed by atoms with Gasteiger partial charge >= 0.3 is 5.97 Å². The Kier molecular flexibility index (Phi) is 9.02. The van der Waals surface area contributed by atoms with Gasteiger partial charge in [-0.25, -0.2) is 0 Å². The standard InChI is InChI=1S/C14H29NO3/c1-12(2)8-11-18-10-7-6-9-14(3,15-4)13(16)17-5/h12,15H,6-11H2,1-5H3. The third-order valence-electron chi connectivity index (χ3n) is 3.24. The Labute approximate surface area is 111 Å². The molecule has 0 heterocycles. The monoisotopic (exact) mass is 259 g/mol. The fraction of sp³-hybridized carbons (Fsp3) is 0.929. The largest absolute Gasteiger partial charge is 0.468 e. The van der Waals surface area contributed by atoms with Gasteiger partial charge in [-0.2, -0.15) is 0 Å². The number of hydrogen-bond acceptors (Lipinski definition) is 4. The van der Waals surface area contributed by atoms with E-state index < -0.39 is 5.54 Å². The summed E-state index contributed by atoms with van der Waals surface area (Å²) >= 11 is 0. The molecule has 0 saturated carbocycles. The van der Waals surface area contributed by atoms with Gasteiger partial charge in [-0.1, -0.05) is 13.8 Å². The van der Waals surface area contributed by atoms with Gasteiger partial charge in [0.05, 0.1) is 7.11 Å². The molecule has 18 heavy (non-hydrogen) atoms. The van der Waals surface area contributed by atoms with E-state index in [1.165, 1.54) is 7.11 Å². The van der Waals surface area contributed by atoms with E-state index in [0.29, 0.717) is 5.92 Å². The highest BCUT2D eigenvalue weighted by atomic mass is 16.5. The third-order valence-corrected chi connectivity index (χ3v) is 3.24. The minimum absolute atomic E-state index is 0.203. The molecule has 0 fully saturated rings. The van der Waals surface area contributed by atoms with Crippen LogP contribution in [0.2, 0.25) is 0 Å². The summed E-state index contributed by atoms with van der Waals surface area (Å²) in [6.07, 6.45) is 3.81. The van der Waals surface area contributed by atoms with Gasteiger partial charge in [-0.05, 0) is 45.6 Å². The molecule has 108 valence electrons. The number of ether oxygens (including phenoxy) is 2. The van der Waals surface area contributed by atoms with Gasteiger partial charge in [-0.15, -0.1) is 0 Å². The summed E-state index contributed by atoms with van der Waals surface area (Å²) in [4.78, 5) is 11.6. The van der Waals surface area contributed by atoms with Crippen molar-refractivity contribution in [3.05, 3.63) is 0 Å². The molecular formula is C14H29NO3. The average molecular weight is 259 g/mol. The van der Waals surface area contributed by atoms with Gasteiger partial charge in [0.1, 0.15) is 5.54 Å². The van der Waals surface area contributed by atoms with E-state index in [4.69, 9.17) is 9.47 Å². The summed E-state index contributed by atoms with van der Waals surface area (Å²) in [6, 6.07) is 0. The molecule has 0 aliphatic rings. The molecule has 0 spiro atoms. The molecule has 0 radical (unpaired) electrons. The minimum atomic E-state index is -0.577. The van der Waals surface area contributed by atoms with E-state index in [0.717, 1.165) is 38.9 Å². The zero-order valence-corrected chi connectivity index (χ0v) is 12.5. The van der Waals surface area contributed by atoms with Crippen LogP contribution in [-0.4, -0.2) is 38.9 Å². The summed E-state index contributed by atoms with van der Waals surface area (Å²) in [7, 11) is 3.21. The number of unbranched alkanes of at least 4 members (excludes halogenated alkanes) is 1. The van der Waals surface area contributed by atoms with Crippen molar-refractivity contribution < 1.29 is 14.3 Å². The quantitative estimate of drug-likeness (QED) is 0.483. The maximum Gasteiger partial charge on any atom is 0.325 e. The Balaban J connectivity index is 3.66. The summed E-state index contributed by atoms with van der Waals surface area (Å²) in [5.74, 6) is 0.489. The van der Waals surface area contributed by atoms with Crippen molar-refractivity contribution in [1.82, 2.24) is 5.32 Å². The lowest BCUT2D eigenvalue weighted by Gasteiger charge is -2.25. The van der Waals surface area contributed by atoms with Crippen molar-refractivity contribution in [2.45, 2.75) is 52.0 Å². The van der Waals surface area contributed by atoms with Crippen LogP contribution in [-0.2, 0) is 14.3 Å². The van der Waals surface area contributed by atoms with Gasteiger partial charge in [0, 0.05) is 13.2 Å². The maximum atomic E-state index is 11.6. The summed E-state index contributed by atoms with van der Waals surface area (Å²) < 4.78 is 10.3. The van der Waals surface area contributed by atoms with Gasteiger partial charge in [0.2, 0.25) is 0 Å². The number of methoxy groups -OCH3 is 1. The highest BCUT2D eigenvalue weighted by Gasteiger charge is 2.31. The van der Waals surface area contributed by atoms with Crippen molar-refractivity contribution in [3.63, 3.8) is 0 Å². The molecule has 1 N–H and O–H groups in total. The van der Waals surface area contributed by atoms with E-state index >= 15 is 0 Å². The van der Waals surface area contributed by atoms with Crippen LogP contribution in [0.25, 0.3) is 0 Å². The predicted octanol–water partition coefficient (Wildman–Crippen LogP) is 2.37. The first-order chi connectivity index (χ1) is 8.46. The highest BCUT2D eigenvalue weighted by molar-refractivity contribution is 5.80. The van der Waals surface area contributed by atoms with E-state index in [-0.39, 0.29) is 5.97 Å². The van der Waals surface area contributed by atoms with Crippen LogP contribution in [0.3, 0.4) is 0 Å². The van der Waals surface area contributed by atoms with Crippen LogP contribution in [0.4, 0.5) is 0 Å². The smallest absolute Gasteiger partial charge is 0.325 e. The first-order valence-electron chi connectivity index (χ1n) is 6.81. The van der Waals surface area contributed by atoms with Crippen molar-refractivity contribution in [1.29, 1.82) is 0 Å². The average Bonchev–Trinajstić information content (AvgIpc) is 2.35. The number of likely N-dealkylation sites (N-methyl/N-ethyl adjacent to an activating group) is 1. The molecule has 0 saturated heterocycles. The Morgan fingerprint density at radius 2 is 1.94 bits per heavy atom. The minimum Gasteiger partial charge on any atom is -0.468 e. The molecule has 0 bridgehead atoms. The highest BCUT2D eigenvalue weighted by Crippen LogP contribution is 2.15. The lowest BCUT2D eigenvalue weighted by Crippen LogP contribution is -2.48. The first kappa shape index (κ1) is 17.4. The lowest BCUT2D eigenvalue weighted by atomic mass is 9.95. The number of hydrogen-bond donors (Lipinski definition) is 1. The fourth-order valence-electron chi connectivity index (χ4n) is 1.66. The van der Waals surface area contributed by atoms with Crippen LogP contribution < -0.4 is 5.32 Å². The molecule has 4 nitrogen and oxygen atoms in total. The molecule has 0 aromatic rings. The van der Waals surface area contributed by atoms with E-state index in [9.17, 15) is 4.79 Å². The van der Waals surface area contributed by atoms with Crippen molar-refractivity contribution >= 4 is 5.97 Å². The van der Waals surface area contributed by atoms with E-state index in [2.05, 4.69) is 19.2 Å². The molecule has 1 unspecified atom stereocenters. The normalized spacial score (nSPS) is 14.6. The Morgan fingerprint density at radius 3 is 2.44 bits per heavy atom. The Bertz CT molecular complexity index is 231. The molecule has 0 aliphatic carbocycles. The Hall–Kier alpha value is -0.610. The molecule has 0 amide bonds. The topological polar surface area (TPSA) is 47.6 Å². The number of nitrogens with one attached hydrogen (secondary N) is 1. The van der Waals surface area contributed by atoms with E-state index in [1.807, 2.05) is 6.92 Å². The van der Waals surface area contributed by atoms with Crippen molar-refractivity contribution in [3.8, 4) is 0 Å². The molecular weight excluding hydrogens is 230 g/mol. The second kappa shape index (κ2) is 9.34. The zero-order valence-electron chi connectivity index (χ0n) is 12.5. The van der Waals surface area contributed by atoms with Crippen LogP contribution in [0.1, 0.15) is 46.5 Å². The second-order valence-corrected chi connectivity index (χ2v) is 5.33. The number of rotatable bonds is 10. The number of carbonyl (C=O) groups is 1. The molecule has 0 aliphatic heterocycles. The van der Waals surface area contributed by atoms with Crippen LogP contribution in [0.15, 0.2) is 0 Å². The second-order valence-electron chi connectivity index (χ2n) is 5.33. The maximum absolute atomic E-state index is 11.6. The van der Waals surface area contributed by atoms with Gasteiger partial charge in [0.15, 0.2) is 0 Å². The third kappa shape index (κ3) is 6.97. The first-order valence-corrected chi connectivity index (χ1v) is 6.81. The van der Waals surface area contributed by atoms with Crippen LogP contribution in [0, 0.1) is 5.92 Å². The molecule has 0 aromatic heterocycles. The summed E-state index contributed by atoms with van der Waals surface area (Å²) in [5, 5.41) is 3.03. The number of carbonyl (C=O) groups excluding carboxylic acids is 1. The van der Waals surface area contributed by atoms with Crippen LogP contribution in [0.5, 0.6) is 0 Å². The zero-order chi connectivity index (χ0) is 14.0. The number of esters is 1. The van der Waals surface area contributed by atoms with E-state index in [1.54, 1.807) is 7.05 Å². The van der Waals surface area contributed by atoms with Crippen molar-refractivity contribution in [2.75, 3.05) is 27.4 Å². The SMILES string of the molecule is CNC(C)(CCCCOCCC(C)C)C(=O)OC. The summed E-state index contributed by atoms with van der Waals surface area (Å²) in [5.41, 5.74) is -0.577.